The highest BCUT2D eigenvalue weighted by atomic mass is 16.5. The van der Waals surface area contributed by atoms with Crippen molar-refractivity contribution in [3.8, 4) is 5.75 Å². The molecule has 0 spiro atoms. The maximum absolute atomic E-state index is 13.2. The summed E-state index contributed by atoms with van der Waals surface area (Å²) in [6.45, 7) is 0.759. The largest absolute Gasteiger partial charge is 0.497 e. The summed E-state index contributed by atoms with van der Waals surface area (Å²) in [6.07, 6.45) is 4.77. The fourth-order valence-electron chi connectivity index (χ4n) is 3.84. The highest BCUT2D eigenvalue weighted by molar-refractivity contribution is 5.89. The Morgan fingerprint density at radius 3 is 3.04 bits per heavy atom. The van der Waals surface area contributed by atoms with Gasteiger partial charge in [0.2, 0.25) is 0 Å². The summed E-state index contributed by atoms with van der Waals surface area (Å²) >= 11 is 0. The minimum Gasteiger partial charge on any atom is -0.497 e. The first-order valence-electron chi connectivity index (χ1n) is 8.51. The molecule has 1 aromatic carbocycles. The molecule has 2 aliphatic rings. The van der Waals surface area contributed by atoms with E-state index < -0.39 is 0 Å². The number of aromatic nitrogens is 2. The van der Waals surface area contributed by atoms with E-state index in [1.807, 2.05) is 18.2 Å². The quantitative estimate of drug-likeness (QED) is 0.886. The smallest absolute Gasteiger partial charge is 0.254 e. The summed E-state index contributed by atoms with van der Waals surface area (Å²) in [7, 11) is 1.64. The summed E-state index contributed by atoms with van der Waals surface area (Å²) in [5, 5.41) is 7.73. The van der Waals surface area contributed by atoms with E-state index in [1.54, 1.807) is 11.8 Å². The molecule has 24 heavy (non-hydrogen) atoms. The van der Waals surface area contributed by atoms with Gasteiger partial charge in [0.1, 0.15) is 11.6 Å². The Hall–Kier alpha value is -2.50. The Morgan fingerprint density at radius 2 is 2.21 bits per heavy atom. The van der Waals surface area contributed by atoms with Gasteiger partial charge >= 0.3 is 0 Å². The first-order chi connectivity index (χ1) is 11.7. The van der Waals surface area contributed by atoms with Gasteiger partial charge < -0.3 is 15.8 Å². The summed E-state index contributed by atoms with van der Waals surface area (Å²) in [5.74, 6) is 1.13. The highest BCUT2D eigenvalue weighted by Gasteiger charge is 2.31. The van der Waals surface area contributed by atoms with Crippen molar-refractivity contribution in [2.45, 2.75) is 38.0 Å². The second-order valence-corrected chi connectivity index (χ2v) is 6.49. The molecule has 6 heteroatoms. The standard InChI is InChI=1S/C18H22N4O2/c1-24-11-6-7-12-13(8-9-20-15(12)10-11)18(23)22-16-5-3-2-4-14(16)17(19)21-22/h6-7,10,13,20H,2-5,8-9H2,1H3,(H2,19,21). The molecule has 0 bridgehead atoms. The highest BCUT2D eigenvalue weighted by Crippen LogP contribution is 2.36. The van der Waals surface area contributed by atoms with Crippen LogP contribution >= 0.6 is 0 Å². The molecule has 1 atom stereocenters. The maximum Gasteiger partial charge on any atom is 0.254 e. The summed E-state index contributed by atoms with van der Waals surface area (Å²) < 4.78 is 6.86. The summed E-state index contributed by atoms with van der Waals surface area (Å²) in [4.78, 5) is 13.2. The van der Waals surface area contributed by atoms with E-state index in [2.05, 4.69) is 10.4 Å². The average Bonchev–Trinajstić information content (AvgIpc) is 2.97. The lowest BCUT2D eigenvalue weighted by Crippen LogP contribution is -2.29. The van der Waals surface area contributed by atoms with E-state index in [0.717, 1.165) is 66.9 Å². The molecule has 3 N–H and O–H groups in total. The van der Waals surface area contributed by atoms with E-state index in [4.69, 9.17) is 10.5 Å². The third-order valence-electron chi connectivity index (χ3n) is 5.10. The zero-order valence-electron chi connectivity index (χ0n) is 13.8. The minimum absolute atomic E-state index is 0.0257. The van der Waals surface area contributed by atoms with Gasteiger partial charge in [-0.2, -0.15) is 0 Å². The molecule has 126 valence electrons. The molecule has 2 heterocycles. The zero-order valence-corrected chi connectivity index (χ0v) is 13.8. The van der Waals surface area contributed by atoms with Crippen molar-refractivity contribution in [2.75, 3.05) is 24.7 Å². The van der Waals surface area contributed by atoms with Crippen molar-refractivity contribution in [3.63, 3.8) is 0 Å². The molecule has 0 saturated carbocycles. The second-order valence-electron chi connectivity index (χ2n) is 6.49. The first-order valence-corrected chi connectivity index (χ1v) is 8.51. The number of nitrogens with one attached hydrogen (secondary N) is 1. The van der Waals surface area contributed by atoms with E-state index in [0.29, 0.717) is 5.82 Å². The number of carbonyl (C=O) groups excluding carboxylic acids is 1. The molecule has 4 rings (SSSR count). The minimum atomic E-state index is -0.197. The van der Waals surface area contributed by atoms with Crippen LogP contribution in [0.1, 0.15) is 46.8 Å². The lowest BCUT2D eigenvalue weighted by Gasteiger charge is -2.26. The number of fused-ring (bicyclic) bond motifs is 2. The Bertz CT molecular complexity index is 797. The monoisotopic (exact) mass is 326 g/mol. The number of nitrogen functional groups attached to an aromatic ring is 1. The van der Waals surface area contributed by atoms with Gasteiger partial charge in [0.25, 0.3) is 5.91 Å². The zero-order chi connectivity index (χ0) is 16.7. The van der Waals surface area contributed by atoms with Crippen molar-refractivity contribution in [1.29, 1.82) is 0 Å². The molecule has 6 nitrogen and oxygen atoms in total. The number of hydrogen-bond acceptors (Lipinski definition) is 5. The molecular formula is C18H22N4O2. The summed E-state index contributed by atoms with van der Waals surface area (Å²) in [5.41, 5.74) is 10.1. The third-order valence-corrected chi connectivity index (χ3v) is 5.10. The molecule has 1 unspecified atom stereocenters. The van der Waals surface area contributed by atoms with Gasteiger partial charge in [0.05, 0.1) is 18.7 Å². The molecule has 2 aromatic rings. The van der Waals surface area contributed by atoms with Crippen LogP contribution in [0, 0.1) is 0 Å². The number of benzene rings is 1. The fourth-order valence-corrected chi connectivity index (χ4v) is 3.84. The Labute approximate surface area is 141 Å². The van der Waals surface area contributed by atoms with Gasteiger partial charge in [0.15, 0.2) is 0 Å². The van der Waals surface area contributed by atoms with Crippen LogP contribution in [0.3, 0.4) is 0 Å². The molecule has 1 aliphatic heterocycles. The first kappa shape index (κ1) is 15.1. The van der Waals surface area contributed by atoms with Crippen molar-refractivity contribution < 1.29 is 9.53 Å². The van der Waals surface area contributed by atoms with E-state index in [1.165, 1.54) is 0 Å². The summed E-state index contributed by atoms with van der Waals surface area (Å²) in [6, 6.07) is 5.82. The van der Waals surface area contributed by atoms with E-state index >= 15 is 0 Å². The molecular weight excluding hydrogens is 304 g/mol. The lowest BCUT2D eigenvalue weighted by molar-refractivity contribution is 0.0852. The van der Waals surface area contributed by atoms with Gasteiger partial charge in [-0.05, 0) is 43.7 Å². The molecule has 0 radical (unpaired) electrons. The predicted octanol–water partition coefficient (Wildman–Crippen LogP) is 2.59. The van der Waals surface area contributed by atoms with Crippen LogP contribution in [-0.2, 0) is 12.8 Å². The van der Waals surface area contributed by atoms with Gasteiger partial charge in [0, 0.05) is 23.9 Å². The SMILES string of the molecule is COc1ccc2c(c1)NCCC2C(=O)n1nc(N)c2c1CCCC2. The van der Waals surface area contributed by atoms with Crippen LogP contribution in [0.2, 0.25) is 0 Å². The molecule has 0 fully saturated rings. The number of nitrogens with zero attached hydrogens (tertiary/aromatic N) is 2. The van der Waals surface area contributed by atoms with E-state index in [9.17, 15) is 4.79 Å². The molecule has 1 aromatic heterocycles. The van der Waals surface area contributed by atoms with Crippen LogP contribution in [0.5, 0.6) is 5.75 Å². The normalized spacial score (nSPS) is 19.1. The topological polar surface area (TPSA) is 82.2 Å². The van der Waals surface area contributed by atoms with Crippen molar-refractivity contribution >= 4 is 17.4 Å². The third kappa shape index (κ3) is 2.33. The Morgan fingerprint density at radius 1 is 1.38 bits per heavy atom. The number of methoxy groups -OCH3 is 1. The van der Waals surface area contributed by atoms with Gasteiger partial charge in [-0.25, -0.2) is 4.68 Å². The maximum atomic E-state index is 13.2. The fraction of sp³-hybridized carbons (Fsp3) is 0.444. The van der Waals surface area contributed by atoms with Crippen LogP contribution in [0.15, 0.2) is 18.2 Å². The van der Waals surface area contributed by atoms with Crippen LogP contribution in [0.4, 0.5) is 11.5 Å². The van der Waals surface area contributed by atoms with Crippen LogP contribution in [0.25, 0.3) is 0 Å². The van der Waals surface area contributed by atoms with Gasteiger partial charge in [-0.15, -0.1) is 5.10 Å². The number of anilines is 2. The molecule has 0 amide bonds. The number of ether oxygens (including phenoxy) is 1. The van der Waals surface area contributed by atoms with Crippen molar-refractivity contribution in [3.05, 3.63) is 35.0 Å². The van der Waals surface area contributed by atoms with E-state index in [-0.39, 0.29) is 11.8 Å². The van der Waals surface area contributed by atoms with Crippen molar-refractivity contribution in [2.24, 2.45) is 0 Å². The number of rotatable bonds is 2. The van der Waals surface area contributed by atoms with Crippen LogP contribution in [-0.4, -0.2) is 29.3 Å². The number of carbonyl (C=O) groups is 1. The van der Waals surface area contributed by atoms with Gasteiger partial charge in [-0.3, -0.25) is 4.79 Å². The number of nitrogens with two attached hydrogens (primary N) is 1. The Balaban J connectivity index is 1.72. The van der Waals surface area contributed by atoms with Gasteiger partial charge in [-0.1, -0.05) is 6.07 Å². The predicted molar refractivity (Wildman–Crippen MR) is 92.7 cm³/mol. The Kier molecular flexibility index (Phi) is 3.67. The van der Waals surface area contributed by atoms with Crippen molar-refractivity contribution in [1.82, 2.24) is 9.78 Å². The molecule has 0 saturated heterocycles. The molecule has 1 aliphatic carbocycles. The number of hydrogen-bond donors (Lipinski definition) is 2. The average molecular weight is 326 g/mol. The lowest BCUT2D eigenvalue weighted by atomic mass is 9.89. The second kappa shape index (κ2) is 5.85. The van der Waals surface area contributed by atoms with Crippen LogP contribution < -0.4 is 15.8 Å².